The van der Waals surface area contributed by atoms with Crippen LogP contribution in [0.2, 0.25) is 0 Å². The minimum Gasteiger partial charge on any atom is -0.351 e. The van der Waals surface area contributed by atoms with Gasteiger partial charge in [0.15, 0.2) is 0 Å². The maximum absolute atomic E-state index is 12.3. The molecule has 1 N–H and O–H groups in total. The zero-order valence-electron chi connectivity index (χ0n) is 15.9. The lowest BCUT2D eigenvalue weighted by molar-refractivity contribution is 0.0898. The second kappa shape index (κ2) is 5.59. The van der Waals surface area contributed by atoms with Crippen LogP contribution in [0.15, 0.2) is 33.4 Å². The molecule has 1 aromatic carbocycles. The van der Waals surface area contributed by atoms with Crippen LogP contribution < -0.4 is 5.32 Å². The average molecular weight is 327 g/mol. The monoisotopic (exact) mass is 327 g/mol. The van der Waals surface area contributed by atoms with Crippen LogP contribution in [0.25, 0.3) is 11.4 Å². The highest BCUT2D eigenvalue weighted by Crippen LogP contribution is 2.34. The summed E-state index contributed by atoms with van der Waals surface area (Å²) in [4.78, 5) is 16.3. The second-order valence-corrected chi connectivity index (χ2v) is 5.74. The number of nitrogens with zero attached hydrogens (tertiary/aromatic N) is 3. The van der Waals surface area contributed by atoms with E-state index in [1.165, 1.54) is 6.20 Å². The van der Waals surface area contributed by atoms with Gasteiger partial charge in [0, 0.05) is 22.1 Å². The summed E-state index contributed by atoms with van der Waals surface area (Å²) in [6.07, 6.45) is 3.03. The van der Waals surface area contributed by atoms with Crippen molar-refractivity contribution in [3.05, 3.63) is 52.7 Å². The van der Waals surface area contributed by atoms with Crippen molar-refractivity contribution >= 4 is 5.91 Å². The number of aromatic nitrogens is 3. The van der Waals surface area contributed by atoms with Gasteiger partial charge in [-0.1, -0.05) is 22.4 Å². The van der Waals surface area contributed by atoms with Crippen molar-refractivity contribution in [2.24, 2.45) is 0 Å². The zero-order chi connectivity index (χ0) is 19.2. The largest absolute Gasteiger partial charge is 0.351 e. The highest BCUT2D eigenvalue weighted by atomic mass is 16.5. The van der Waals surface area contributed by atoms with Crippen LogP contribution in [-0.4, -0.2) is 21.2 Å². The first-order valence-corrected chi connectivity index (χ1v) is 7.52. The molecular formula is C17H16N4O3. The number of aryl methyl sites for hydroxylation is 3. The maximum atomic E-state index is 12.3. The molecule has 4 rings (SSSR count). The number of benzene rings is 1. The van der Waals surface area contributed by atoms with Crippen LogP contribution in [0.1, 0.15) is 49.7 Å². The first-order valence-electron chi connectivity index (χ1n) is 9.02. The molecule has 7 heteroatoms. The molecule has 1 aliphatic rings. The molecule has 0 radical (unpaired) electrons. The number of carbonyl (C=O) groups excluding carboxylic acids is 1. The van der Waals surface area contributed by atoms with Crippen LogP contribution >= 0.6 is 0 Å². The number of nitrogens with one attached hydrogen (secondary N) is 1. The van der Waals surface area contributed by atoms with Crippen molar-refractivity contribution in [2.75, 3.05) is 0 Å². The Kier molecular flexibility index (Phi) is 2.69. The topological polar surface area (TPSA) is 94.1 Å². The smallest absolute Gasteiger partial charge is 0.290 e. The minimum absolute atomic E-state index is 0.130. The number of hydrogen-bond acceptors (Lipinski definition) is 6. The molecule has 0 fully saturated rings. The Hall–Kier alpha value is -2.96. The molecule has 7 nitrogen and oxygen atoms in total. The standard InChI is InChI=1S/C17H16N4O3/c1-9-8-18-24-15(9)17(22)20-14-6-4-11-7-12(3-5-13(11)14)16-19-10(2)23-21-16/h3,5,7-8,14H,4,6H2,1-2H3,(H,20,22)/t14-/m1/s1/i2D3. The van der Waals surface area contributed by atoms with Crippen molar-refractivity contribution in [1.29, 1.82) is 0 Å². The lowest BCUT2D eigenvalue weighted by atomic mass is 10.0. The van der Waals surface area contributed by atoms with Gasteiger partial charge in [0.05, 0.1) is 12.2 Å². The van der Waals surface area contributed by atoms with Crippen LogP contribution in [0.3, 0.4) is 0 Å². The van der Waals surface area contributed by atoms with Crippen molar-refractivity contribution in [2.45, 2.75) is 32.7 Å². The van der Waals surface area contributed by atoms with E-state index in [-0.39, 0.29) is 29.4 Å². The first-order chi connectivity index (χ1) is 12.8. The third kappa shape index (κ3) is 2.47. The number of carbonyl (C=O) groups is 1. The van der Waals surface area contributed by atoms with E-state index < -0.39 is 6.85 Å². The first kappa shape index (κ1) is 11.6. The summed E-state index contributed by atoms with van der Waals surface area (Å²) in [6, 6.07) is 5.45. The molecule has 0 unspecified atom stereocenters. The lowest BCUT2D eigenvalue weighted by Crippen LogP contribution is -2.27. The summed E-state index contributed by atoms with van der Waals surface area (Å²) in [5.41, 5.74) is 3.41. The second-order valence-electron chi connectivity index (χ2n) is 5.74. The van der Waals surface area contributed by atoms with Gasteiger partial charge in [-0.2, -0.15) is 4.98 Å². The van der Waals surface area contributed by atoms with E-state index in [2.05, 4.69) is 20.6 Å². The predicted octanol–water partition coefficient (Wildman–Crippen LogP) is 2.76. The molecule has 0 spiro atoms. The van der Waals surface area contributed by atoms with Gasteiger partial charge < -0.3 is 14.4 Å². The van der Waals surface area contributed by atoms with Crippen LogP contribution in [0, 0.1) is 13.8 Å². The normalized spacial score (nSPS) is 18.5. The van der Waals surface area contributed by atoms with Crippen LogP contribution in [0.4, 0.5) is 0 Å². The van der Waals surface area contributed by atoms with E-state index in [0.29, 0.717) is 11.1 Å². The molecule has 0 bridgehead atoms. The third-order valence-corrected chi connectivity index (χ3v) is 4.17. The molecule has 2 aromatic heterocycles. The Labute approximate surface area is 142 Å². The van der Waals surface area contributed by atoms with Gasteiger partial charge in [-0.05, 0) is 37.0 Å². The Morgan fingerprint density at radius 1 is 1.42 bits per heavy atom. The summed E-state index contributed by atoms with van der Waals surface area (Å²) in [7, 11) is 0. The molecule has 1 aliphatic carbocycles. The Morgan fingerprint density at radius 2 is 2.33 bits per heavy atom. The average Bonchev–Trinajstić information content (AvgIpc) is 3.33. The van der Waals surface area contributed by atoms with Gasteiger partial charge in [-0.25, -0.2) is 0 Å². The van der Waals surface area contributed by atoms with Gasteiger partial charge in [0.1, 0.15) is 0 Å². The highest BCUT2D eigenvalue weighted by Gasteiger charge is 2.26. The van der Waals surface area contributed by atoms with Gasteiger partial charge in [-0.15, -0.1) is 0 Å². The Balaban J connectivity index is 1.55. The summed E-state index contributed by atoms with van der Waals surface area (Å²) in [5, 5.41) is 10.3. The molecule has 0 aliphatic heterocycles. The molecule has 1 atom stereocenters. The van der Waals surface area contributed by atoms with Gasteiger partial charge in [0.25, 0.3) is 5.91 Å². The molecule has 122 valence electrons. The summed E-state index contributed by atoms with van der Waals surface area (Å²) >= 11 is 0. The van der Waals surface area contributed by atoms with Crippen molar-refractivity contribution < 1.29 is 18.0 Å². The highest BCUT2D eigenvalue weighted by molar-refractivity contribution is 5.93. The molecule has 0 saturated carbocycles. The third-order valence-electron chi connectivity index (χ3n) is 4.17. The van der Waals surface area contributed by atoms with Crippen LogP contribution in [0.5, 0.6) is 0 Å². The fourth-order valence-corrected chi connectivity index (χ4v) is 2.98. The molecule has 3 aromatic rings. The lowest BCUT2D eigenvalue weighted by Gasteiger charge is -2.13. The quantitative estimate of drug-likeness (QED) is 0.795. The van der Waals surface area contributed by atoms with Crippen LogP contribution in [-0.2, 0) is 6.42 Å². The van der Waals surface area contributed by atoms with Crippen molar-refractivity contribution in [1.82, 2.24) is 20.6 Å². The maximum Gasteiger partial charge on any atom is 0.290 e. The molecule has 24 heavy (non-hydrogen) atoms. The van der Waals surface area contributed by atoms with Crippen molar-refractivity contribution in [3.8, 4) is 11.4 Å². The zero-order valence-corrected chi connectivity index (χ0v) is 12.9. The van der Waals surface area contributed by atoms with E-state index in [0.717, 1.165) is 24.0 Å². The summed E-state index contributed by atoms with van der Waals surface area (Å²) in [5.74, 6) is -0.240. The van der Waals surface area contributed by atoms with Gasteiger partial charge in [-0.3, -0.25) is 4.79 Å². The van der Waals surface area contributed by atoms with Gasteiger partial charge in [0.2, 0.25) is 17.5 Å². The number of rotatable bonds is 3. The van der Waals surface area contributed by atoms with E-state index in [1.807, 2.05) is 12.1 Å². The van der Waals surface area contributed by atoms with E-state index in [9.17, 15) is 4.79 Å². The molecule has 1 amide bonds. The van der Waals surface area contributed by atoms with E-state index in [4.69, 9.17) is 13.2 Å². The predicted molar refractivity (Wildman–Crippen MR) is 84.2 cm³/mol. The number of amides is 1. The van der Waals surface area contributed by atoms with Crippen molar-refractivity contribution in [3.63, 3.8) is 0 Å². The fraction of sp³-hybridized carbons (Fsp3) is 0.294. The minimum atomic E-state index is -2.43. The fourth-order valence-electron chi connectivity index (χ4n) is 2.98. The molecule has 2 heterocycles. The summed E-state index contributed by atoms with van der Waals surface area (Å²) < 4.78 is 31.8. The molecule has 0 saturated heterocycles. The Morgan fingerprint density at radius 3 is 3.08 bits per heavy atom. The van der Waals surface area contributed by atoms with E-state index in [1.54, 1.807) is 13.0 Å². The van der Waals surface area contributed by atoms with Gasteiger partial charge >= 0.3 is 0 Å². The van der Waals surface area contributed by atoms with E-state index >= 15 is 0 Å². The number of hydrogen-bond donors (Lipinski definition) is 1. The SMILES string of the molecule is [2H]C([2H])([2H])c1nc(-c2ccc3c(c2)CC[C@H]3NC(=O)c2oncc2C)no1. The Bertz CT molecular complexity index is 1010. The molecular weight excluding hydrogens is 308 g/mol. The summed E-state index contributed by atoms with van der Waals surface area (Å²) in [6.45, 7) is -0.672. The number of fused-ring (bicyclic) bond motifs is 1.